The van der Waals surface area contributed by atoms with Crippen molar-refractivity contribution in [2.75, 3.05) is 19.6 Å². The summed E-state index contributed by atoms with van der Waals surface area (Å²) in [7, 11) is 1.98. The van der Waals surface area contributed by atoms with Gasteiger partial charge in [0, 0.05) is 12.6 Å². The predicted molar refractivity (Wildman–Crippen MR) is 89.2 cm³/mol. The number of rotatable bonds is 6. The molecule has 0 aliphatic carbocycles. The SMILES string of the molecule is CCNC(c1c(Br)nnn1C)C(C)(CC)N1CCCCC1. The largest absolute Gasteiger partial charge is 0.307 e. The molecule has 1 aliphatic rings. The Morgan fingerprint density at radius 1 is 1.29 bits per heavy atom. The second-order valence-corrected chi connectivity index (χ2v) is 6.89. The lowest BCUT2D eigenvalue weighted by molar-refractivity contribution is 0.0402. The summed E-state index contributed by atoms with van der Waals surface area (Å²) in [6, 6.07) is 0.222. The Labute approximate surface area is 136 Å². The molecule has 1 fully saturated rings. The van der Waals surface area contributed by atoms with Crippen molar-refractivity contribution in [2.45, 2.75) is 58.0 Å². The number of nitrogens with zero attached hydrogens (tertiary/aromatic N) is 4. The topological polar surface area (TPSA) is 46.0 Å². The van der Waals surface area contributed by atoms with Crippen LogP contribution >= 0.6 is 15.9 Å². The normalized spacial score (nSPS) is 21.2. The van der Waals surface area contributed by atoms with E-state index in [0.717, 1.165) is 23.3 Å². The van der Waals surface area contributed by atoms with Gasteiger partial charge >= 0.3 is 0 Å². The van der Waals surface area contributed by atoms with Crippen LogP contribution in [0.4, 0.5) is 0 Å². The van der Waals surface area contributed by atoms with E-state index in [1.54, 1.807) is 0 Å². The summed E-state index contributed by atoms with van der Waals surface area (Å²) in [5, 5.41) is 12.0. The molecule has 0 spiro atoms. The van der Waals surface area contributed by atoms with E-state index in [9.17, 15) is 0 Å². The van der Waals surface area contributed by atoms with Crippen molar-refractivity contribution >= 4 is 15.9 Å². The van der Waals surface area contributed by atoms with Gasteiger partial charge in [0.05, 0.1) is 11.7 Å². The van der Waals surface area contributed by atoms with E-state index < -0.39 is 0 Å². The fraction of sp³-hybridized carbons (Fsp3) is 0.867. The van der Waals surface area contributed by atoms with Gasteiger partial charge in [-0.3, -0.25) is 4.90 Å². The molecule has 1 saturated heterocycles. The molecule has 0 amide bonds. The van der Waals surface area contributed by atoms with Gasteiger partial charge in [-0.05, 0) is 61.8 Å². The average Bonchev–Trinajstić information content (AvgIpc) is 2.84. The molecule has 2 heterocycles. The first-order chi connectivity index (χ1) is 10.0. The van der Waals surface area contributed by atoms with E-state index in [-0.39, 0.29) is 11.6 Å². The first-order valence-electron chi connectivity index (χ1n) is 8.08. The Morgan fingerprint density at radius 2 is 1.95 bits per heavy atom. The summed E-state index contributed by atoms with van der Waals surface area (Å²) < 4.78 is 2.75. The van der Waals surface area contributed by atoms with Crippen LogP contribution in [0.1, 0.15) is 58.2 Å². The van der Waals surface area contributed by atoms with Gasteiger partial charge in [-0.2, -0.15) is 0 Å². The van der Waals surface area contributed by atoms with Crippen molar-refractivity contribution in [3.8, 4) is 0 Å². The molecule has 6 heteroatoms. The van der Waals surface area contributed by atoms with Gasteiger partial charge in [-0.15, -0.1) is 5.10 Å². The summed E-state index contributed by atoms with van der Waals surface area (Å²) >= 11 is 3.58. The number of likely N-dealkylation sites (tertiary alicyclic amines) is 1. The van der Waals surface area contributed by atoms with Crippen LogP contribution in [0.3, 0.4) is 0 Å². The maximum Gasteiger partial charge on any atom is 0.153 e. The first kappa shape index (κ1) is 16.9. The lowest BCUT2D eigenvalue weighted by Gasteiger charge is -2.48. The van der Waals surface area contributed by atoms with Gasteiger partial charge in [-0.25, -0.2) is 4.68 Å². The van der Waals surface area contributed by atoms with Crippen LogP contribution < -0.4 is 5.32 Å². The molecule has 1 N–H and O–H groups in total. The molecule has 2 atom stereocenters. The van der Waals surface area contributed by atoms with Gasteiger partial charge in [0.15, 0.2) is 4.60 Å². The molecule has 21 heavy (non-hydrogen) atoms. The van der Waals surface area contributed by atoms with Gasteiger partial charge in [-0.1, -0.05) is 25.5 Å². The molecule has 120 valence electrons. The van der Waals surface area contributed by atoms with Gasteiger partial charge < -0.3 is 5.32 Å². The maximum absolute atomic E-state index is 4.18. The Hall–Kier alpha value is -0.460. The summed E-state index contributed by atoms with van der Waals surface area (Å²) in [6.07, 6.45) is 5.07. The Kier molecular flexibility index (Phi) is 5.80. The minimum Gasteiger partial charge on any atom is -0.307 e. The van der Waals surface area contributed by atoms with E-state index in [0.29, 0.717) is 0 Å². The number of nitrogens with one attached hydrogen (secondary N) is 1. The molecule has 1 aromatic heterocycles. The smallest absolute Gasteiger partial charge is 0.153 e. The zero-order valence-corrected chi connectivity index (χ0v) is 15.3. The summed E-state index contributed by atoms with van der Waals surface area (Å²) in [4.78, 5) is 2.66. The van der Waals surface area contributed by atoms with Crippen molar-refractivity contribution in [3.05, 3.63) is 10.3 Å². The molecule has 5 nitrogen and oxygen atoms in total. The highest BCUT2D eigenvalue weighted by Gasteiger charge is 2.41. The van der Waals surface area contributed by atoms with Crippen molar-refractivity contribution in [2.24, 2.45) is 7.05 Å². The lowest BCUT2D eigenvalue weighted by Crippen LogP contribution is -2.56. The fourth-order valence-corrected chi connectivity index (χ4v) is 4.03. The van der Waals surface area contributed by atoms with E-state index in [1.807, 2.05) is 11.7 Å². The zero-order chi connectivity index (χ0) is 15.5. The highest BCUT2D eigenvalue weighted by molar-refractivity contribution is 9.10. The molecule has 1 aliphatic heterocycles. The third-order valence-corrected chi connectivity index (χ3v) is 5.49. The van der Waals surface area contributed by atoms with Crippen LogP contribution in [0, 0.1) is 0 Å². The molecule has 0 saturated carbocycles. The van der Waals surface area contributed by atoms with Crippen LogP contribution in [-0.4, -0.2) is 45.1 Å². The zero-order valence-electron chi connectivity index (χ0n) is 13.7. The van der Waals surface area contributed by atoms with Crippen LogP contribution in [-0.2, 0) is 7.05 Å². The predicted octanol–water partition coefficient (Wildman–Crippen LogP) is 2.88. The molecule has 0 radical (unpaired) electrons. The molecular weight excluding hydrogens is 330 g/mol. The second kappa shape index (κ2) is 7.20. The molecular formula is C15H28BrN5. The van der Waals surface area contributed by atoms with E-state index in [4.69, 9.17) is 0 Å². The molecule has 0 aromatic carbocycles. The van der Waals surface area contributed by atoms with Crippen molar-refractivity contribution in [1.29, 1.82) is 0 Å². The quantitative estimate of drug-likeness (QED) is 0.850. The Balaban J connectivity index is 2.38. The first-order valence-corrected chi connectivity index (χ1v) is 8.87. The van der Waals surface area contributed by atoms with Crippen molar-refractivity contribution in [1.82, 2.24) is 25.2 Å². The molecule has 2 unspecified atom stereocenters. The van der Waals surface area contributed by atoms with Gasteiger partial charge in [0.1, 0.15) is 0 Å². The van der Waals surface area contributed by atoms with E-state index >= 15 is 0 Å². The number of piperidine rings is 1. The monoisotopic (exact) mass is 357 g/mol. The lowest BCUT2D eigenvalue weighted by atomic mass is 9.83. The summed E-state index contributed by atoms with van der Waals surface area (Å²) in [5.41, 5.74) is 1.22. The van der Waals surface area contributed by atoms with E-state index in [1.165, 1.54) is 32.4 Å². The maximum atomic E-state index is 4.18. The standard InChI is InChI=1S/C15H28BrN5/c1-5-15(3,21-10-8-7-9-11-21)13(17-6-2)12-14(16)18-19-20(12)4/h13,17H,5-11H2,1-4H3. The third-order valence-electron chi connectivity index (χ3n) is 4.92. The molecule has 1 aromatic rings. The summed E-state index contributed by atoms with van der Waals surface area (Å²) in [6.45, 7) is 10.1. The number of hydrogen-bond donors (Lipinski definition) is 1. The van der Waals surface area contributed by atoms with Crippen LogP contribution in [0.2, 0.25) is 0 Å². The minimum atomic E-state index is 0.0778. The molecule has 2 rings (SSSR count). The fourth-order valence-electron chi connectivity index (χ4n) is 3.48. The van der Waals surface area contributed by atoms with Crippen LogP contribution in [0.25, 0.3) is 0 Å². The van der Waals surface area contributed by atoms with Gasteiger partial charge in [0.2, 0.25) is 0 Å². The number of aromatic nitrogens is 3. The number of likely N-dealkylation sites (N-methyl/N-ethyl adjacent to an activating group) is 1. The highest BCUT2D eigenvalue weighted by atomic mass is 79.9. The highest BCUT2D eigenvalue weighted by Crippen LogP contribution is 2.37. The van der Waals surface area contributed by atoms with Crippen molar-refractivity contribution in [3.63, 3.8) is 0 Å². The number of aryl methyl sites for hydroxylation is 1. The van der Waals surface area contributed by atoms with Crippen LogP contribution in [0.15, 0.2) is 4.60 Å². The van der Waals surface area contributed by atoms with Gasteiger partial charge in [0.25, 0.3) is 0 Å². The molecule has 0 bridgehead atoms. The average molecular weight is 358 g/mol. The Bertz CT molecular complexity index is 435. The number of halogens is 1. The number of hydrogen-bond acceptors (Lipinski definition) is 4. The second-order valence-electron chi connectivity index (χ2n) is 6.14. The van der Waals surface area contributed by atoms with E-state index in [2.05, 4.69) is 57.2 Å². The summed E-state index contributed by atoms with van der Waals surface area (Å²) in [5.74, 6) is 0. The third kappa shape index (κ3) is 3.32. The van der Waals surface area contributed by atoms with Crippen LogP contribution in [0.5, 0.6) is 0 Å². The van der Waals surface area contributed by atoms with Crippen molar-refractivity contribution < 1.29 is 0 Å². The Morgan fingerprint density at radius 3 is 2.43 bits per heavy atom. The minimum absolute atomic E-state index is 0.0778.